The molecule has 22 heavy (non-hydrogen) atoms. The van der Waals surface area contributed by atoms with E-state index in [4.69, 9.17) is 9.15 Å². The third kappa shape index (κ3) is 2.12. The normalized spacial score (nSPS) is 23.7. The van der Waals surface area contributed by atoms with Crippen molar-refractivity contribution in [2.24, 2.45) is 0 Å². The Hall–Kier alpha value is -2.15. The summed E-state index contributed by atoms with van der Waals surface area (Å²) in [5.74, 6) is -0.703. The fraction of sp³-hybridized carbons (Fsp3) is 0.533. The molecule has 1 unspecified atom stereocenters. The molecule has 0 radical (unpaired) electrons. The topological polar surface area (TPSA) is 88.4 Å². The molecule has 1 N–H and O–H groups in total. The van der Waals surface area contributed by atoms with Crippen LogP contribution in [-0.2, 0) is 4.74 Å². The van der Waals surface area contributed by atoms with Crippen LogP contribution in [0.1, 0.15) is 36.7 Å². The van der Waals surface area contributed by atoms with Crippen LogP contribution >= 0.6 is 0 Å². The Kier molecular flexibility index (Phi) is 2.87. The number of oxazole rings is 1. The molecular weight excluding hydrogens is 286 g/mol. The molecule has 1 saturated heterocycles. The first kappa shape index (κ1) is 13.5. The molecule has 1 aliphatic heterocycles. The van der Waals surface area contributed by atoms with E-state index in [-0.39, 0.29) is 17.6 Å². The summed E-state index contributed by atoms with van der Waals surface area (Å²) < 4.78 is 10.9. The lowest BCUT2D eigenvalue weighted by Gasteiger charge is -2.50. The number of carbonyl (C=O) groups excluding carboxylic acids is 1. The first-order valence-electron chi connectivity index (χ1n) is 7.52. The number of fused-ring (bicyclic) bond motifs is 1. The first-order valence-corrected chi connectivity index (χ1v) is 7.52. The molecule has 1 amide bonds. The molecule has 2 fully saturated rings. The second-order valence-corrected chi connectivity index (χ2v) is 6.21. The molecule has 7 nitrogen and oxygen atoms in total. The van der Waals surface area contributed by atoms with Crippen molar-refractivity contribution in [1.82, 2.24) is 14.9 Å². The number of ether oxygens (including phenoxy) is 1. The van der Waals surface area contributed by atoms with Gasteiger partial charge in [-0.15, -0.1) is 0 Å². The standard InChI is InChI=1S/C15H17N3O4/c1-9-7-18(8-15(22-9)5-2-6-15)13(19)10-3-4-11-12(16-10)17-14(20)21-11/h3-4,9H,2,5-8H2,1H3,(H,16,17,20). The minimum Gasteiger partial charge on any atom is -0.406 e. The Morgan fingerprint density at radius 3 is 3.00 bits per heavy atom. The maximum Gasteiger partial charge on any atom is 0.418 e. The number of rotatable bonds is 1. The van der Waals surface area contributed by atoms with Crippen LogP contribution in [0.3, 0.4) is 0 Å². The fourth-order valence-electron chi connectivity index (χ4n) is 3.35. The number of pyridine rings is 1. The number of nitrogens with zero attached hydrogens (tertiary/aromatic N) is 2. The maximum atomic E-state index is 12.7. The van der Waals surface area contributed by atoms with Crippen LogP contribution < -0.4 is 5.76 Å². The molecule has 4 rings (SSSR count). The molecule has 2 aromatic rings. The predicted molar refractivity (Wildman–Crippen MR) is 77.7 cm³/mol. The van der Waals surface area contributed by atoms with E-state index in [1.165, 1.54) is 0 Å². The fourth-order valence-corrected chi connectivity index (χ4v) is 3.35. The Balaban J connectivity index is 1.62. The largest absolute Gasteiger partial charge is 0.418 e. The molecular formula is C15H17N3O4. The lowest BCUT2D eigenvalue weighted by Crippen LogP contribution is -2.59. The summed E-state index contributed by atoms with van der Waals surface area (Å²) in [6.45, 7) is 3.16. The third-order valence-electron chi connectivity index (χ3n) is 4.46. The first-order chi connectivity index (χ1) is 10.5. The summed E-state index contributed by atoms with van der Waals surface area (Å²) in [6.07, 6.45) is 3.18. The van der Waals surface area contributed by atoms with Crippen molar-refractivity contribution in [3.05, 3.63) is 28.4 Å². The van der Waals surface area contributed by atoms with E-state index in [9.17, 15) is 9.59 Å². The quantitative estimate of drug-likeness (QED) is 0.858. The van der Waals surface area contributed by atoms with Crippen LogP contribution in [0.5, 0.6) is 0 Å². The van der Waals surface area contributed by atoms with E-state index in [2.05, 4.69) is 9.97 Å². The highest BCUT2D eigenvalue weighted by molar-refractivity contribution is 5.94. The van der Waals surface area contributed by atoms with Crippen LogP contribution in [-0.4, -0.2) is 45.6 Å². The van der Waals surface area contributed by atoms with Gasteiger partial charge < -0.3 is 14.1 Å². The Bertz CT molecular complexity index is 789. The number of nitrogens with one attached hydrogen (secondary N) is 1. The Morgan fingerprint density at radius 2 is 2.27 bits per heavy atom. The molecule has 1 saturated carbocycles. The zero-order chi connectivity index (χ0) is 15.3. The summed E-state index contributed by atoms with van der Waals surface area (Å²) in [6, 6.07) is 3.19. The van der Waals surface area contributed by atoms with Crippen LogP contribution in [0.4, 0.5) is 0 Å². The van der Waals surface area contributed by atoms with Crippen LogP contribution in [0.2, 0.25) is 0 Å². The van der Waals surface area contributed by atoms with Gasteiger partial charge in [0.15, 0.2) is 11.2 Å². The zero-order valence-corrected chi connectivity index (χ0v) is 12.3. The molecule has 0 bridgehead atoms. The van der Waals surface area contributed by atoms with Crippen molar-refractivity contribution in [3.63, 3.8) is 0 Å². The van der Waals surface area contributed by atoms with Crippen molar-refractivity contribution >= 4 is 17.1 Å². The van der Waals surface area contributed by atoms with Gasteiger partial charge in [-0.25, -0.2) is 9.78 Å². The highest BCUT2D eigenvalue weighted by atomic mass is 16.5. The summed E-state index contributed by atoms with van der Waals surface area (Å²) >= 11 is 0. The van der Waals surface area contributed by atoms with Crippen LogP contribution in [0.25, 0.3) is 11.2 Å². The molecule has 116 valence electrons. The Labute approximate surface area is 126 Å². The second kappa shape index (κ2) is 4.67. The summed E-state index contributed by atoms with van der Waals surface area (Å²) in [5.41, 5.74) is 0.803. The number of hydrogen-bond acceptors (Lipinski definition) is 5. The van der Waals surface area contributed by atoms with E-state index >= 15 is 0 Å². The van der Waals surface area contributed by atoms with Gasteiger partial charge in [-0.3, -0.25) is 9.78 Å². The third-order valence-corrected chi connectivity index (χ3v) is 4.46. The van der Waals surface area contributed by atoms with Gasteiger partial charge in [0.25, 0.3) is 5.91 Å². The number of aromatic nitrogens is 2. The number of amides is 1. The van der Waals surface area contributed by atoms with Crippen LogP contribution in [0, 0.1) is 0 Å². The molecule has 7 heteroatoms. The highest BCUT2D eigenvalue weighted by Crippen LogP contribution is 2.40. The number of morpholine rings is 1. The van der Waals surface area contributed by atoms with E-state index in [0.717, 1.165) is 19.3 Å². The predicted octanol–water partition coefficient (Wildman–Crippen LogP) is 1.30. The van der Waals surface area contributed by atoms with E-state index in [1.807, 2.05) is 6.92 Å². The van der Waals surface area contributed by atoms with Gasteiger partial charge in [0.05, 0.1) is 18.2 Å². The molecule has 1 spiro atoms. The van der Waals surface area contributed by atoms with Crippen molar-refractivity contribution < 1.29 is 13.9 Å². The average Bonchev–Trinajstić information content (AvgIpc) is 2.83. The van der Waals surface area contributed by atoms with Gasteiger partial charge in [0.2, 0.25) is 0 Å². The molecule has 1 aliphatic carbocycles. The van der Waals surface area contributed by atoms with E-state index in [1.54, 1.807) is 17.0 Å². The van der Waals surface area contributed by atoms with Crippen molar-refractivity contribution in [2.75, 3.05) is 13.1 Å². The summed E-state index contributed by atoms with van der Waals surface area (Å²) in [7, 11) is 0. The van der Waals surface area contributed by atoms with Gasteiger partial charge in [-0.2, -0.15) is 0 Å². The molecule has 2 aliphatic rings. The van der Waals surface area contributed by atoms with Crippen molar-refractivity contribution in [3.8, 4) is 0 Å². The van der Waals surface area contributed by atoms with Gasteiger partial charge in [0, 0.05) is 6.54 Å². The number of H-pyrrole nitrogens is 1. The number of carbonyl (C=O) groups is 1. The average molecular weight is 303 g/mol. The minimum atomic E-state index is -0.569. The Morgan fingerprint density at radius 1 is 1.45 bits per heavy atom. The molecule has 1 atom stereocenters. The van der Waals surface area contributed by atoms with Crippen molar-refractivity contribution in [2.45, 2.75) is 37.9 Å². The maximum absolute atomic E-state index is 12.7. The van der Waals surface area contributed by atoms with Gasteiger partial charge >= 0.3 is 5.76 Å². The number of aromatic amines is 1. The minimum absolute atomic E-state index is 0.0236. The van der Waals surface area contributed by atoms with E-state index < -0.39 is 5.76 Å². The second-order valence-electron chi connectivity index (χ2n) is 6.21. The lowest BCUT2D eigenvalue weighted by molar-refractivity contribution is -0.176. The number of hydrogen-bond donors (Lipinski definition) is 1. The zero-order valence-electron chi connectivity index (χ0n) is 12.3. The monoisotopic (exact) mass is 303 g/mol. The van der Waals surface area contributed by atoms with Crippen LogP contribution in [0.15, 0.2) is 21.3 Å². The SMILES string of the molecule is CC1CN(C(=O)c2ccc3oc(=O)[nH]c3n2)CC2(CCC2)O1. The van der Waals surface area contributed by atoms with Crippen molar-refractivity contribution in [1.29, 1.82) is 0 Å². The summed E-state index contributed by atoms with van der Waals surface area (Å²) in [5, 5.41) is 0. The highest BCUT2D eigenvalue weighted by Gasteiger charge is 2.45. The lowest BCUT2D eigenvalue weighted by atomic mass is 9.78. The molecule has 3 heterocycles. The van der Waals surface area contributed by atoms with Gasteiger partial charge in [0.1, 0.15) is 5.69 Å². The van der Waals surface area contributed by atoms with Gasteiger partial charge in [-0.05, 0) is 38.3 Å². The smallest absolute Gasteiger partial charge is 0.406 e. The molecule has 2 aromatic heterocycles. The van der Waals surface area contributed by atoms with E-state index in [0.29, 0.717) is 30.0 Å². The molecule has 0 aromatic carbocycles. The van der Waals surface area contributed by atoms with Gasteiger partial charge in [-0.1, -0.05) is 0 Å². The summed E-state index contributed by atoms with van der Waals surface area (Å²) in [4.78, 5) is 32.4.